The average molecular weight is 241 g/mol. The van der Waals surface area contributed by atoms with Gasteiger partial charge in [-0.25, -0.2) is 0 Å². The van der Waals surface area contributed by atoms with Crippen molar-refractivity contribution in [2.45, 2.75) is 26.8 Å². The first-order valence-electron chi connectivity index (χ1n) is 6.19. The van der Waals surface area contributed by atoms with E-state index in [-0.39, 0.29) is 6.04 Å². The second kappa shape index (κ2) is 5.13. The molecule has 2 rings (SSSR count). The zero-order valence-corrected chi connectivity index (χ0v) is 11.1. The Morgan fingerprint density at radius 1 is 0.944 bits per heavy atom. The van der Waals surface area contributed by atoms with Crippen molar-refractivity contribution in [2.24, 2.45) is 0 Å². The van der Waals surface area contributed by atoms with Crippen LogP contribution < -0.4 is 5.32 Å². The molecule has 0 bridgehead atoms. The minimum atomic E-state index is 0.0765. The lowest BCUT2D eigenvalue weighted by atomic mass is 10.0. The Bertz CT molecular complexity index is 531. The van der Waals surface area contributed by atoms with Crippen LogP contribution in [0.5, 0.6) is 5.75 Å². The Labute approximate surface area is 108 Å². The molecule has 1 unspecified atom stereocenters. The van der Waals surface area contributed by atoms with Crippen LogP contribution in [-0.4, -0.2) is 5.11 Å². The van der Waals surface area contributed by atoms with Crippen LogP contribution in [0.15, 0.2) is 42.5 Å². The van der Waals surface area contributed by atoms with Gasteiger partial charge in [0.15, 0.2) is 0 Å². The topological polar surface area (TPSA) is 32.3 Å². The predicted octanol–water partition coefficient (Wildman–Crippen LogP) is 4.18. The van der Waals surface area contributed by atoms with E-state index in [2.05, 4.69) is 36.5 Å². The molecule has 0 aliphatic rings. The Morgan fingerprint density at radius 3 is 2.22 bits per heavy atom. The summed E-state index contributed by atoms with van der Waals surface area (Å²) in [5.74, 6) is 0.340. The molecule has 0 amide bonds. The van der Waals surface area contributed by atoms with E-state index in [1.165, 1.54) is 5.56 Å². The lowest BCUT2D eigenvalue weighted by Gasteiger charge is -2.17. The molecular weight excluding hydrogens is 222 g/mol. The zero-order chi connectivity index (χ0) is 13.1. The van der Waals surface area contributed by atoms with Crippen LogP contribution in [0.4, 0.5) is 5.69 Å². The highest BCUT2D eigenvalue weighted by molar-refractivity contribution is 5.48. The molecule has 0 aromatic heterocycles. The van der Waals surface area contributed by atoms with E-state index in [4.69, 9.17) is 0 Å². The quantitative estimate of drug-likeness (QED) is 0.844. The Morgan fingerprint density at radius 2 is 1.56 bits per heavy atom. The fourth-order valence-corrected chi connectivity index (χ4v) is 2.00. The van der Waals surface area contributed by atoms with Crippen molar-refractivity contribution >= 4 is 5.69 Å². The molecule has 18 heavy (non-hydrogen) atoms. The molecule has 0 saturated heterocycles. The molecule has 2 heteroatoms. The largest absolute Gasteiger partial charge is 0.508 e. The van der Waals surface area contributed by atoms with Gasteiger partial charge in [0, 0.05) is 11.3 Å². The van der Waals surface area contributed by atoms with E-state index in [9.17, 15) is 5.11 Å². The lowest BCUT2D eigenvalue weighted by molar-refractivity contribution is 0.465. The van der Waals surface area contributed by atoms with Gasteiger partial charge in [-0.05, 0) is 39.0 Å². The van der Waals surface area contributed by atoms with E-state index in [1.54, 1.807) is 6.07 Å². The van der Waals surface area contributed by atoms with Gasteiger partial charge in [-0.15, -0.1) is 0 Å². The second-order valence-corrected chi connectivity index (χ2v) is 4.79. The summed E-state index contributed by atoms with van der Waals surface area (Å²) in [6.45, 7) is 6.15. The molecule has 2 nitrogen and oxygen atoms in total. The van der Waals surface area contributed by atoms with E-state index >= 15 is 0 Å². The maximum absolute atomic E-state index is 9.89. The fraction of sp³-hybridized carbons (Fsp3) is 0.250. The summed E-state index contributed by atoms with van der Waals surface area (Å²) in [6, 6.07) is 14.0. The van der Waals surface area contributed by atoms with E-state index in [0.29, 0.717) is 5.75 Å². The molecule has 2 aromatic rings. The van der Waals surface area contributed by atoms with Crippen LogP contribution in [0.25, 0.3) is 0 Å². The molecular formula is C16H19NO. The Balaban J connectivity index is 2.18. The maximum atomic E-state index is 9.89. The van der Waals surface area contributed by atoms with Gasteiger partial charge in [0.05, 0.1) is 6.04 Å². The number of hydrogen-bond acceptors (Lipinski definition) is 2. The standard InChI is InChI=1S/C16H19NO/c1-11-4-7-14(8-5-11)17-13(3)15-10-12(2)6-9-16(15)18/h4-10,13,17-18H,1-3H3. The summed E-state index contributed by atoms with van der Waals surface area (Å²) in [7, 11) is 0. The summed E-state index contributed by atoms with van der Waals surface area (Å²) in [5.41, 5.74) is 4.39. The number of rotatable bonds is 3. The number of phenols is 1. The third-order valence-electron chi connectivity index (χ3n) is 3.08. The SMILES string of the molecule is Cc1ccc(NC(C)c2cc(C)ccc2O)cc1. The number of hydrogen-bond donors (Lipinski definition) is 2. The first-order chi connectivity index (χ1) is 8.56. The van der Waals surface area contributed by atoms with Gasteiger partial charge in [0.25, 0.3) is 0 Å². The first kappa shape index (κ1) is 12.5. The summed E-state index contributed by atoms with van der Waals surface area (Å²) in [5, 5.41) is 13.3. The Kier molecular flexibility index (Phi) is 3.56. The van der Waals surface area contributed by atoms with Crippen LogP contribution in [0.3, 0.4) is 0 Å². The molecule has 0 aliphatic heterocycles. The highest BCUT2D eigenvalue weighted by Crippen LogP contribution is 2.27. The molecule has 0 aliphatic carbocycles. The normalized spacial score (nSPS) is 12.2. The minimum Gasteiger partial charge on any atom is -0.508 e. The summed E-state index contributed by atoms with van der Waals surface area (Å²) < 4.78 is 0. The monoisotopic (exact) mass is 241 g/mol. The van der Waals surface area contributed by atoms with Crippen LogP contribution in [0.2, 0.25) is 0 Å². The molecule has 94 valence electrons. The number of aryl methyl sites for hydroxylation is 2. The van der Waals surface area contributed by atoms with Gasteiger partial charge in [-0.1, -0.05) is 35.4 Å². The van der Waals surface area contributed by atoms with E-state index in [1.807, 2.05) is 26.0 Å². The molecule has 0 saturated carbocycles. The van der Waals surface area contributed by atoms with Crippen LogP contribution in [-0.2, 0) is 0 Å². The highest BCUT2D eigenvalue weighted by atomic mass is 16.3. The Hall–Kier alpha value is -1.96. The van der Waals surface area contributed by atoms with Crippen molar-refractivity contribution in [3.05, 3.63) is 59.2 Å². The molecule has 2 aromatic carbocycles. The van der Waals surface area contributed by atoms with Gasteiger partial charge >= 0.3 is 0 Å². The fourth-order valence-electron chi connectivity index (χ4n) is 2.00. The van der Waals surface area contributed by atoms with Crippen LogP contribution in [0.1, 0.15) is 29.7 Å². The van der Waals surface area contributed by atoms with Crippen LogP contribution >= 0.6 is 0 Å². The second-order valence-electron chi connectivity index (χ2n) is 4.79. The van der Waals surface area contributed by atoms with Crippen LogP contribution in [0, 0.1) is 13.8 Å². The van der Waals surface area contributed by atoms with Crippen molar-refractivity contribution < 1.29 is 5.11 Å². The predicted molar refractivity (Wildman–Crippen MR) is 76.1 cm³/mol. The number of aromatic hydroxyl groups is 1. The summed E-state index contributed by atoms with van der Waals surface area (Å²) >= 11 is 0. The first-order valence-corrected chi connectivity index (χ1v) is 6.19. The number of benzene rings is 2. The third-order valence-corrected chi connectivity index (χ3v) is 3.08. The van der Waals surface area contributed by atoms with Crippen molar-refractivity contribution in [2.75, 3.05) is 5.32 Å². The minimum absolute atomic E-state index is 0.0765. The third kappa shape index (κ3) is 2.83. The number of nitrogens with one attached hydrogen (secondary N) is 1. The summed E-state index contributed by atoms with van der Waals surface area (Å²) in [4.78, 5) is 0. The van der Waals surface area contributed by atoms with E-state index in [0.717, 1.165) is 16.8 Å². The summed E-state index contributed by atoms with van der Waals surface area (Å²) in [6.07, 6.45) is 0. The van der Waals surface area contributed by atoms with E-state index < -0.39 is 0 Å². The molecule has 2 N–H and O–H groups in total. The van der Waals surface area contributed by atoms with Crippen molar-refractivity contribution in [1.29, 1.82) is 0 Å². The average Bonchev–Trinajstić information content (AvgIpc) is 2.35. The smallest absolute Gasteiger partial charge is 0.120 e. The lowest BCUT2D eigenvalue weighted by Crippen LogP contribution is -2.07. The molecule has 0 heterocycles. The molecule has 1 atom stereocenters. The van der Waals surface area contributed by atoms with Gasteiger partial charge in [-0.2, -0.15) is 0 Å². The number of anilines is 1. The number of phenolic OH excluding ortho intramolecular Hbond substituents is 1. The maximum Gasteiger partial charge on any atom is 0.120 e. The highest BCUT2D eigenvalue weighted by Gasteiger charge is 2.10. The molecule has 0 fully saturated rings. The van der Waals surface area contributed by atoms with Crippen molar-refractivity contribution in [3.8, 4) is 5.75 Å². The van der Waals surface area contributed by atoms with Gasteiger partial charge < -0.3 is 10.4 Å². The van der Waals surface area contributed by atoms with Gasteiger partial charge in [-0.3, -0.25) is 0 Å². The zero-order valence-electron chi connectivity index (χ0n) is 11.1. The molecule has 0 radical (unpaired) electrons. The van der Waals surface area contributed by atoms with Crippen molar-refractivity contribution in [3.63, 3.8) is 0 Å². The van der Waals surface area contributed by atoms with Gasteiger partial charge in [0.2, 0.25) is 0 Å². The molecule has 0 spiro atoms. The van der Waals surface area contributed by atoms with Gasteiger partial charge in [0.1, 0.15) is 5.75 Å². The van der Waals surface area contributed by atoms with Crippen molar-refractivity contribution in [1.82, 2.24) is 0 Å².